The number of carbonyl (C=O) groups is 5. The third-order valence-corrected chi connectivity index (χ3v) is 5.02. The minimum atomic E-state index is -1.63. The lowest BCUT2D eigenvalue weighted by atomic mass is 10.0. The molecule has 1 aromatic carbocycles. The molecule has 0 radical (unpaired) electrons. The van der Waals surface area contributed by atoms with Crippen molar-refractivity contribution in [3.63, 3.8) is 0 Å². The molecule has 3 amide bonds. The third kappa shape index (κ3) is 11.8. The van der Waals surface area contributed by atoms with E-state index in [2.05, 4.69) is 20.9 Å². The number of nitrogens with two attached hydrogens (primary N) is 3. The van der Waals surface area contributed by atoms with Crippen molar-refractivity contribution in [1.82, 2.24) is 16.0 Å². The van der Waals surface area contributed by atoms with Crippen molar-refractivity contribution in [2.75, 3.05) is 13.2 Å². The molecular formula is C22H33N7O8. The number of benzene rings is 1. The number of aliphatic hydroxyl groups excluding tert-OH is 1. The third-order valence-electron chi connectivity index (χ3n) is 5.02. The molecule has 0 saturated carbocycles. The number of amides is 3. The van der Waals surface area contributed by atoms with Crippen molar-refractivity contribution < 1.29 is 39.3 Å². The van der Waals surface area contributed by atoms with Crippen molar-refractivity contribution >= 4 is 35.6 Å². The van der Waals surface area contributed by atoms with E-state index in [-0.39, 0.29) is 31.8 Å². The molecule has 4 atom stereocenters. The van der Waals surface area contributed by atoms with Gasteiger partial charge in [0.05, 0.1) is 13.0 Å². The van der Waals surface area contributed by atoms with Gasteiger partial charge in [-0.05, 0) is 18.4 Å². The van der Waals surface area contributed by atoms with Crippen molar-refractivity contribution in [1.29, 1.82) is 0 Å². The first kappa shape index (κ1) is 30.8. The predicted octanol–water partition coefficient (Wildman–Crippen LogP) is -3.38. The molecule has 0 saturated heterocycles. The summed E-state index contributed by atoms with van der Waals surface area (Å²) in [6.07, 6.45) is -0.731. The Balaban J connectivity index is 3.06. The summed E-state index contributed by atoms with van der Waals surface area (Å²) >= 11 is 0. The van der Waals surface area contributed by atoms with E-state index in [1.165, 1.54) is 0 Å². The Morgan fingerprint density at radius 3 is 1.97 bits per heavy atom. The van der Waals surface area contributed by atoms with Crippen LogP contribution in [-0.2, 0) is 30.4 Å². The topological polar surface area (TPSA) is 273 Å². The van der Waals surface area contributed by atoms with Crippen LogP contribution in [-0.4, -0.2) is 88.3 Å². The molecular weight excluding hydrogens is 490 g/mol. The Morgan fingerprint density at radius 2 is 1.43 bits per heavy atom. The summed E-state index contributed by atoms with van der Waals surface area (Å²) in [4.78, 5) is 64.6. The molecule has 12 N–H and O–H groups in total. The monoisotopic (exact) mass is 523 g/mol. The van der Waals surface area contributed by atoms with Gasteiger partial charge in [0, 0.05) is 13.0 Å². The van der Waals surface area contributed by atoms with Gasteiger partial charge in [-0.25, -0.2) is 4.79 Å². The summed E-state index contributed by atoms with van der Waals surface area (Å²) in [6, 6.07) is 2.86. The van der Waals surface area contributed by atoms with Crippen LogP contribution in [0.5, 0.6) is 0 Å². The molecule has 15 heteroatoms. The normalized spacial score (nSPS) is 13.8. The number of carboxylic acids is 2. The summed E-state index contributed by atoms with van der Waals surface area (Å²) in [5.41, 5.74) is 16.6. The summed E-state index contributed by atoms with van der Waals surface area (Å²) in [5, 5.41) is 34.6. The number of guanidine groups is 1. The zero-order valence-corrected chi connectivity index (χ0v) is 20.0. The molecule has 0 heterocycles. The molecule has 1 aromatic rings. The first-order chi connectivity index (χ1) is 17.4. The largest absolute Gasteiger partial charge is 0.481 e. The van der Waals surface area contributed by atoms with Crippen LogP contribution in [0, 0.1) is 0 Å². The maximum absolute atomic E-state index is 13.0. The Bertz CT molecular complexity index is 969. The van der Waals surface area contributed by atoms with Gasteiger partial charge < -0.3 is 48.5 Å². The quantitative estimate of drug-likeness (QED) is 0.0585. The summed E-state index contributed by atoms with van der Waals surface area (Å²) in [5.74, 6) is -5.79. The smallest absolute Gasteiger partial charge is 0.326 e. The molecule has 0 fully saturated rings. The highest BCUT2D eigenvalue weighted by molar-refractivity contribution is 5.95. The van der Waals surface area contributed by atoms with Gasteiger partial charge in [0.15, 0.2) is 5.96 Å². The van der Waals surface area contributed by atoms with E-state index >= 15 is 0 Å². The summed E-state index contributed by atoms with van der Waals surface area (Å²) in [6.45, 7) is -0.657. The number of aliphatic hydroxyl groups is 1. The number of nitrogens with zero attached hydrogens (tertiary/aromatic N) is 1. The lowest BCUT2D eigenvalue weighted by Gasteiger charge is -2.24. The number of hydrogen-bond acceptors (Lipinski definition) is 8. The minimum Gasteiger partial charge on any atom is -0.481 e. The number of aliphatic carboxylic acids is 2. The lowest BCUT2D eigenvalue weighted by Crippen LogP contribution is -2.58. The lowest BCUT2D eigenvalue weighted by molar-refractivity contribution is -0.143. The van der Waals surface area contributed by atoms with E-state index in [9.17, 15) is 29.1 Å². The molecule has 204 valence electrons. The molecule has 1 rings (SSSR count). The fourth-order valence-corrected chi connectivity index (χ4v) is 3.11. The highest BCUT2D eigenvalue weighted by Gasteiger charge is 2.31. The van der Waals surface area contributed by atoms with Crippen LogP contribution in [0.15, 0.2) is 35.3 Å². The van der Waals surface area contributed by atoms with Gasteiger partial charge in [0.25, 0.3) is 0 Å². The van der Waals surface area contributed by atoms with Gasteiger partial charge in [0.2, 0.25) is 17.7 Å². The second-order valence-electron chi connectivity index (χ2n) is 8.05. The Hall–Kier alpha value is -4.24. The molecule has 4 unspecified atom stereocenters. The first-order valence-corrected chi connectivity index (χ1v) is 11.3. The average molecular weight is 524 g/mol. The van der Waals surface area contributed by atoms with Gasteiger partial charge >= 0.3 is 11.9 Å². The number of carboxylic acid groups (broad SMARTS) is 2. The Morgan fingerprint density at radius 1 is 0.865 bits per heavy atom. The second-order valence-corrected chi connectivity index (χ2v) is 8.05. The maximum Gasteiger partial charge on any atom is 0.326 e. The zero-order chi connectivity index (χ0) is 28.0. The standard InChI is InChI=1S/C22H33N7O8/c23-13(11-30)18(33)28-15(10-17(31)32)20(35)27-14(7-4-8-26-22(24)25)19(34)29-16(21(36)37)9-12-5-2-1-3-6-12/h1-3,5-6,13-16,30H,4,7-11,23H2,(H,27,35)(H,28,33)(H,29,34)(H,31,32)(H,36,37)(H4,24,25,26). The SMILES string of the molecule is NC(N)=NCCCC(NC(=O)C(CC(=O)O)NC(=O)C(N)CO)C(=O)NC(Cc1ccccc1)C(=O)O. The highest BCUT2D eigenvalue weighted by atomic mass is 16.4. The van der Waals surface area contributed by atoms with Crippen molar-refractivity contribution in [2.24, 2.45) is 22.2 Å². The Labute approximate surface area is 212 Å². The highest BCUT2D eigenvalue weighted by Crippen LogP contribution is 2.06. The minimum absolute atomic E-state index is 0.0344. The average Bonchev–Trinajstić information content (AvgIpc) is 2.84. The van der Waals surface area contributed by atoms with Gasteiger partial charge in [-0.3, -0.25) is 24.2 Å². The number of rotatable bonds is 16. The Kier molecular flexibility index (Phi) is 13.1. The molecule has 0 aromatic heterocycles. The molecule has 0 spiro atoms. The van der Waals surface area contributed by atoms with Gasteiger partial charge in [-0.1, -0.05) is 30.3 Å². The molecule has 15 nitrogen and oxygen atoms in total. The van der Waals surface area contributed by atoms with Crippen LogP contribution in [0.3, 0.4) is 0 Å². The fraction of sp³-hybridized carbons (Fsp3) is 0.455. The van der Waals surface area contributed by atoms with E-state index in [0.29, 0.717) is 5.56 Å². The van der Waals surface area contributed by atoms with Crippen molar-refractivity contribution in [2.45, 2.75) is 49.9 Å². The van der Waals surface area contributed by atoms with Crippen LogP contribution in [0.4, 0.5) is 0 Å². The number of hydrogen-bond donors (Lipinski definition) is 9. The van der Waals surface area contributed by atoms with E-state index in [1.807, 2.05) is 0 Å². The second kappa shape index (κ2) is 15.7. The summed E-state index contributed by atoms with van der Waals surface area (Å²) < 4.78 is 0. The maximum atomic E-state index is 13.0. The van der Waals surface area contributed by atoms with E-state index in [4.69, 9.17) is 27.4 Å². The van der Waals surface area contributed by atoms with Crippen LogP contribution in [0.25, 0.3) is 0 Å². The van der Waals surface area contributed by atoms with Crippen LogP contribution < -0.4 is 33.2 Å². The fourth-order valence-electron chi connectivity index (χ4n) is 3.11. The van der Waals surface area contributed by atoms with Crippen LogP contribution >= 0.6 is 0 Å². The number of aliphatic imine (C=N–C) groups is 1. The first-order valence-electron chi connectivity index (χ1n) is 11.3. The molecule has 0 aliphatic carbocycles. The van der Waals surface area contributed by atoms with Crippen molar-refractivity contribution in [3.8, 4) is 0 Å². The zero-order valence-electron chi connectivity index (χ0n) is 20.0. The summed E-state index contributed by atoms with van der Waals surface area (Å²) in [7, 11) is 0. The van der Waals surface area contributed by atoms with E-state index in [1.54, 1.807) is 30.3 Å². The molecule has 37 heavy (non-hydrogen) atoms. The van der Waals surface area contributed by atoms with E-state index in [0.717, 1.165) is 0 Å². The molecule has 0 aliphatic rings. The van der Waals surface area contributed by atoms with Gasteiger partial charge in [0.1, 0.15) is 24.2 Å². The van der Waals surface area contributed by atoms with E-state index < -0.39 is 66.9 Å². The molecule has 0 aliphatic heterocycles. The molecule has 0 bridgehead atoms. The predicted molar refractivity (Wildman–Crippen MR) is 131 cm³/mol. The van der Waals surface area contributed by atoms with Crippen LogP contribution in [0.1, 0.15) is 24.8 Å². The number of carbonyl (C=O) groups excluding carboxylic acids is 3. The van der Waals surface area contributed by atoms with Crippen LogP contribution in [0.2, 0.25) is 0 Å². The van der Waals surface area contributed by atoms with Crippen molar-refractivity contribution in [3.05, 3.63) is 35.9 Å². The van der Waals surface area contributed by atoms with Gasteiger partial charge in [-0.15, -0.1) is 0 Å². The number of nitrogens with one attached hydrogen (secondary N) is 3. The van der Waals surface area contributed by atoms with Gasteiger partial charge in [-0.2, -0.15) is 0 Å².